The lowest BCUT2D eigenvalue weighted by atomic mass is 9.97. The second-order valence-corrected chi connectivity index (χ2v) is 5.72. The summed E-state index contributed by atoms with van der Waals surface area (Å²) in [7, 11) is 0. The molecule has 0 N–H and O–H groups in total. The minimum atomic E-state index is -4.50. The predicted octanol–water partition coefficient (Wildman–Crippen LogP) is 5.76. The Kier molecular flexibility index (Phi) is 5.07. The Labute approximate surface area is 148 Å². The maximum atomic E-state index is 13.2. The van der Waals surface area contributed by atoms with E-state index in [1.54, 1.807) is 24.3 Å². The number of benzene rings is 3. The number of hydrogen-bond acceptors (Lipinski definition) is 2. The molecule has 0 amide bonds. The smallest absolute Gasteiger partial charge is 0.417 e. The molecule has 0 atom stereocenters. The average Bonchev–Trinajstić information content (AvgIpc) is 2.66. The standard InChI is InChI=1S/C21H15F3O2/c22-21(23,24)20-11-6-16(13-25)12-19(20)17-7-9-18(10-8-17)26-14-15-4-2-1-3-5-15/h1-13H,14H2. The molecule has 0 bridgehead atoms. The van der Waals surface area contributed by atoms with Crippen LogP contribution in [0.15, 0.2) is 72.8 Å². The van der Waals surface area contributed by atoms with Crippen molar-refractivity contribution < 1.29 is 22.7 Å². The molecule has 3 aromatic carbocycles. The van der Waals surface area contributed by atoms with Crippen LogP contribution in [0.25, 0.3) is 11.1 Å². The third-order valence-corrected chi connectivity index (χ3v) is 3.90. The van der Waals surface area contributed by atoms with Crippen LogP contribution in [0, 0.1) is 0 Å². The molecule has 0 aliphatic carbocycles. The summed E-state index contributed by atoms with van der Waals surface area (Å²) in [4.78, 5) is 10.9. The van der Waals surface area contributed by atoms with Crippen LogP contribution >= 0.6 is 0 Å². The summed E-state index contributed by atoms with van der Waals surface area (Å²) in [6, 6.07) is 19.2. The van der Waals surface area contributed by atoms with E-state index in [0.29, 0.717) is 24.2 Å². The van der Waals surface area contributed by atoms with E-state index in [0.717, 1.165) is 17.7 Å². The molecule has 0 saturated heterocycles. The quantitative estimate of drug-likeness (QED) is 0.543. The summed E-state index contributed by atoms with van der Waals surface area (Å²) in [5, 5.41) is 0. The lowest BCUT2D eigenvalue weighted by Gasteiger charge is -2.14. The highest BCUT2D eigenvalue weighted by Gasteiger charge is 2.33. The monoisotopic (exact) mass is 356 g/mol. The molecule has 0 fully saturated rings. The van der Waals surface area contributed by atoms with Crippen molar-refractivity contribution in [1.29, 1.82) is 0 Å². The van der Waals surface area contributed by atoms with Crippen LogP contribution in [-0.4, -0.2) is 6.29 Å². The zero-order chi connectivity index (χ0) is 18.6. The van der Waals surface area contributed by atoms with Gasteiger partial charge in [-0.2, -0.15) is 13.2 Å². The van der Waals surface area contributed by atoms with Gasteiger partial charge in [0, 0.05) is 5.56 Å². The van der Waals surface area contributed by atoms with Gasteiger partial charge in [-0.25, -0.2) is 0 Å². The molecule has 0 heterocycles. The van der Waals surface area contributed by atoms with Crippen molar-refractivity contribution in [2.45, 2.75) is 12.8 Å². The number of aldehydes is 1. The summed E-state index contributed by atoms with van der Waals surface area (Å²) in [5.74, 6) is 0.553. The van der Waals surface area contributed by atoms with Crippen molar-refractivity contribution in [3.05, 3.63) is 89.5 Å². The first-order valence-electron chi connectivity index (χ1n) is 7.91. The van der Waals surface area contributed by atoms with Crippen LogP contribution in [0.4, 0.5) is 13.2 Å². The molecule has 0 aliphatic rings. The molecule has 0 unspecified atom stereocenters. The second-order valence-electron chi connectivity index (χ2n) is 5.72. The molecule has 0 radical (unpaired) electrons. The van der Waals surface area contributed by atoms with Gasteiger partial charge in [-0.05, 0) is 41.0 Å². The molecule has 3 rings (SSSR count). The topological polar surface area (TPSA) is 26.3 Å². The summed E-state index contributed by atoms with van der Waals surface area (Å²) in [5.41, 5.74) is 0.748. The maximum absolute atomic E-state index is 13.2. The van der Waals surface area contributed by atoms with E-state index >= 15 is 0 Å². The zero-order valence-corrected chi connectivity index (χ0v) is 13.7. The molecule has 3 aromatic rings. The Balaban J connectivity index is 1.85. The first kappa shape index (κ1) is 17.7. The van der Waals surface area contributed by atoms with Gasteiger partial charge in [0.25, 0.3) is 0 Å². The molecule has 2 nitrogen and oxygen atoms in total. The van der Waals surface area contributed by atoms with Crippen molar-refractivity contribution in [3.63, 3.8) is 0 Å². The molecule has 0 aromatic heterocycles. The van der Waals surface area contributed by atoms with Gasteiger partial charge >= 0.3 is 6.18 Å². The van der Waals surface area contributed by atoms with E-state index in [1.165, 1.54) is 6.07 Å². The number of alkyl halides is 3. The molecule has 26 heavy (non-hydrogen) atoms. The number of carbonyl (C=O) groups is 1. The van der Waals surface area contributed by atoms with Crippen LogP contribution < -0.4 is 4.74 Å². The lowest BCUT2D eigenvalue weighted by molar-refractivity contribution is -0.137. The van der Waals surface area contributed by atoms with Crippen LogP contribution in [0.3, 0.4) is 0 Å². The van der Waals surface area contributed by atoms with Gasteiger partial charge in [0.15, 0.2) is 0 Å². The average molecular weight is 356 g/mol. The largest absolute Gasteiger partial charge is 0.489 e. The SMILES string of the molecule is O=Cc1ccc(C(F)(F)F)c(-c2ccc(OCc3ccccc3)cc2)c1. The fourth-order valence-corrected chi connectivity index (χ4v) is 2.59. The fourth-order valence-electron chi connectivity index (χ4n) is 2.59. The lowest BCUT2D eigenvalue weighted by Crippen LogP contribution is -2.07. The van der Waals surface area contributed by atoms with Crippen molar-refractivity contribution in [1.82, 2.24) is 0 Å². The van der Waals surface area contributed by atoms with Crippen LogP contribution in [0.2, 0.25) is 0 Å². The maximum Gasteiger partial charge on any atom is 0.417 e. The number of carbonyl (C=O) groups excluding carboxylic acids is 1. The van der Waals surface area contributed by atoms with E-state index in [4.69, 9.17) is 4.74 Å². The zero-order valence-electron chi connectivity index (χ0n) is 13.7. The Morgan fingerprint density at radius 2 is 1.58 bits per heavy atom. The van der Waals surface area contributed by atoms with Gasteiger partial charge in [-0.1, -0.05) is 48.5 Å². The molecule has 5 heteroatoms. The normalized spacial score (nSPS) is 11.2. The molecular weight excluding hydrogens is 341 g/mol. The third-order valence-electron chi connectivity index (χ3n) is 3.90. The van der Waals surface area contributed by atoms with Crippen molar-refractivity contribution >= 4 is 6.29 Å². The molecule has 0 saturated carbocycles. The van der Waals surface area contributed by atoms with Gasteiger partial charge in [0.1, 0.15) is 18.6 Å². The Bertz CT molecular complexity index is 885. The first-order valence-corrected chi connectivity index (χ1v) is 7.91. The number of halogens is 3. The number of rotatable bonds is 5. The minimum Gasteiger partial charge on any atom is -0.489 e. The van der Waals surface area contributed by atoms with Crippen LogP contribution in [-0.2, 0) is 12.8 Å². The van der Waals surface area contributed by atoms with Crippen LogP contribution in [0.5, 0.6) is 5.75 Å². The van der Waals surface area contributed by atoms with Gasteiger partial charge < -0.3 is 4.74 Å². The molecule has 0 spiro atoms. The Morgan fingerprint density at radius 1 is 0.885 bits per heavy atom. The summed E-state index contributed by atoms with van der Waals surface area (Å²) >= 11 is 0. The highest BCUT2D eigenvalue weighted by molar-refractivity contribution is 5.80. The van der Waals surface area contributed by atoms with E-state index in [1.807, 2.05) is 30.3 Å². The van der Waals surface area contributed by atoms with E-state index in [2.05, 4.69) is 0 Å². The predicted molar refractivity (Wildman–Crippen MR) is 93.0 cm³/mol. The highest BCUT2D eigenvalue weighted by Crippen LogP contribution is 2.37. The molecular formula is C21H15F3O2. The van der Waals surface area contributed by atoms with Crippen LogP contribution in [0.1, 0.15) is 21.5 Å². The van der Waals surface area contributed by atoms with E-state index < -0.39 is 11.7 Å². The summed E-state index contributed by atoms with van der Waals surface area (Å²) in [6.45, 7) is 0.370. The van der Waals surface area contributed by atoms with Gasteiger partial charge in [0.2, 0.25) is 0 Å². The fraction of sp³-hybridized carbons (Fsp3) is 0.0952. The first-order chi connectivity index (χ1) is 12.5. The van der Waals surface area contributed by atoms with Crippen molar-refractivity contribution in [2.24, 2.45) is 0 Å². The van der Waals surface area contributed by atoms with Gasteiger partial charge in [0.05, 0.1) is 5.56 Å². The molecule has 0 aliphatic heterocycles. The third kappa shape index (κ3) is 4.11. The number of ether oxygens (including phenoxy) is 1. The van der Waals surface area contributed by atoms with Crippen molar-refractivity contribution in [2.75, 3.05) is 0 Å². The summed E-state index contributed by atoms with van der Waals surface area (Å²) in [6.07, 6.45) is -3.97. The summed E-state index contributed by atoms with van der Waals surface area (Å²) < 4.78 is 45.4. The Morgan fingerprint density at radius 3 is 2.19 bits per heavy atom. The van der Waals surface area contributed by atoms with Gasteiger partial charge in [-0.15, -0.1) is 0 Å². The molecule has 132 valence electrons. The van der Waals surface area contributed by atoms with Gasteiger partial charge in [-0.3, -0.25) is 4.79 Å². The van der Waals surface area contributed by atoms with E-state index in [9.17, 15) is 18.0 Å². The number of hydrogen-bond donors (Lipinski definition) is 0. The van der Waals surface area contributed by atoms with Crippen molar-refractivity contribution in [3.8, 4) is 16.9 Å². The minimum absolute atomic E-state index is 0.0308. The Hall–Kier alpha value is -3.08. The van der Waals surface area contributed by atoms with E-state index in [-0.39, 0.29) is 11.1 Å². The highest BCUT2D eigenvalue weighted by atomic mass is 19.4. The second kappa shape index (κ2) is 7.44.